The average molecular weight is 252 g/mol. The standard InChI is InChI=1S/C12H16N2O2S/c13-11-3-1-2-4-12(11)17-10-7-5-9(6-8-10)14(15)16/h5-8,11-12H,1-4,13H2. The van der Waals surface area contributed by atoms with E-state index in [2.05, 4.69) is 0 Å². The Morgan fingerprint density at radius 3 is 2.47 bits per heavy atom. The first kappa shape index (κ1) is 12.4. The molecule has 0 spiro atoms. The number of nitro benzene ring substituents is 1. The largest absolute Gasteiger partial charge is 0.327 e. The summed E-state index contributed by atoms with van der Waals surface area (Å²) in [5.74, 6) is 0. The van der Waals surface area contributed by atoms with Gasteiger partial charge in [0.25, 0.3) is 5.69 Å². The molecule has 92 valence electrons. The maximum absolute atomic E-state index is 10.5. The van der Waals surface area contributed by atoms with Crippen molar-refractivity contribution in [3.63, 3.8) is 0 Å². The summed E-state index contributed by atoms with van der Waals surface area (Å²) < 4.78 is 0. The van der Waals surface area contributed by atoms with E-state index in [1.165, 1.54) is 12.8 Å². The lowest BCUT2D eigenvalue weighted by atomic mass is 9.96. The predicted octanol–water partition coefficient (Wildman–Crippen LogP) is 2.96. The molecule has 17 heavy (non-hydrogen) atoms. The maximum atomic E-state index is 10.5. The van der Waals surface area contributed by atoms with Crippen molar-refractivity contribution in [2.75, 3.05) is 0 Å². The molecule has 2 rings (SSSR count). The van der Waals surface area contributed by atoms with Gasteiger partial charge in [-0.1, -0.05) is 12.8 Å². The highest BCUT2D eigenvalue weighted by Crippen LogP contribution is 2.33. The van der Waals surface area contributed by atoms with Crippen molar-refractivity contribution in [2.24, 2.45) is 5.73 Å². The van der Waals surface area contributed by atoms with Crippen molar-refractivity contribution in [2.45, 2.75) is 41.9 Å². The maximum Gasteiger partial charge on any atom is 0.269 e. The smallest absolute Gasteiger partial charge is 0.269 e. The summed E-state index contributed by atoms with van der Waals surface area (Å²) in [5.41, 5.74) is 6.22. The molecular formula is C12H16N2O2S. The summed E-state index contributed by atoms with van der Waals surface area (Å²) in [4.78, 5) is 11.2. The number of hydrogen-bond donors (Lipinski definition) is 1. The van der Waals surface area contributed by atoms with Crippen LogP contribution in [-0.2, 0) is 0 Å². The van der Waals surface area contributed by atoms with Crippen molar-refractivity contribution < 1.29 is 4.92 Å². The number of nitrogens with zero attached hydrogens (tertiary/aromatic N) is 1. The molecule has 0 aromatic heterocycles. The van der Waals surface area contributed by atoms with Crippen LogP contribution in [0.3, 0.4) is 0 Å². The van der Waals surface area contributed by atoms with E-state index < -0.39 is 0 Å². The minimum Gasteiger partial charge on any atom is -0.327 e. The van der Waals surface area contributed by atoms with Crippen LogP contribution in [0.15, 0.2) is 29.2 Å². The minimum absolute atomic E-state index is 0.141. The van der Waals surface area contributed by atoms with Crippen LogP contribution in [0.25, 0.3) is 0 Å². The summed E-state index contributed by atoms with van der Waals surface area (Å²) >= 11 is 1.75. The first-order chi connectivity index (χ1) is 8.16. The Morgan fingerprint density at radius 2 is 1.88 bits per heavy atom. The SMILES string of the molecule is NC1CCCCC1Sc1ccc([N+](=O)[O-])cc1. The third-order valence-electron chi connectivity index (χ3n) is 3.09. The van der Waals surface area contributed by atoms with E-state index in [9.17, 15) is 10.1 Å². The predicted molar refractivity (Wildman–Crippen MR) is 69.2 cm³/mol. The Bertz CT molecular complexity index is 394. The fourth-order valence-electron chi connectivity index (χ4n) is 2.09. The molecule has 1 aliphatic carbocycles. The Balaban J connectivity index is 2.00. The fourth-order valence-corrected chi connectivity index (χ4v) is 3.33. The number of non-ortho nitro benzene ring substituents is 1. The van der Waals surface area contributed by atoms with Gasteiger partial charge in [0.2, 0.25) is 0 Å². The van der Waals surface area contributed by atoms with Crippen molar-refractivity contribution in [1.29, 1.82) is 0 Å². The third-order valence-corrected chi connectivity index (χ3v) is 4.52. The molecule has 2 N–H and O–H groups in total. The molecule has 2 atom stereocenters. The monoisotopic (exact) mass is 252 g/mol. The molecule has 5 heteroatoms. The van der Waals surface area contributed by atoms with E-state index >= 15 is 0 Å². The first-order valence-electron chi connectivity index (χ1n) is 5.83. The highest BCUT2D eigenvalue weighted by Gasteiger charge is 2.22. The van der Waals surface area contributed by atoms with E-state index in [0.29, 0.717) is 5.25 Å². The molecule has 1 fully saturated rings. The molecule has 0 aliphatic heterocycles. The van der Waals surface area contributed by atoms with Gasteiger partial charge in [-0.15, -0.1) is 11.8 Å². The van der Waals surface area contributed by atoms with Crippen LogP contribution in [-0.4, -0.2) is 16.2 Å². The van der Waals surface area contributed by atoms with Crippen molar-refractivity contribution in [3.8, 4) is 0 Å². The van der Waals surface area contributed by atoms with Gasteiger partial charge >= 0.3 is 0 Å². The second-order valence-corrected chi connectivity index (χ2v) is 5.67. The number of thioether (sulfide) groups is 1. The molecule has 1 saturated carbocycles. The van der Waals surface area contributed by atoms with Gasteiger partial charge in [0.05, 0.1) is 4.92 Å². The molecule has 4 nitrogen and oxygen atoms in total. The summed E-state index contributed by atoms with van der Waals surface area (Å²) in [7, 11) is 0. The van der Waals surface area contributed by atoms with Gasteiger partial charge in [-0.25, -0.2) is 0 Å². The van der Waals surface area contributed by atoms with Gasteiger partial charge in [0.1, 0.15) is 0 Å². The van der Waals surface area contributed by atoms with Gasteiger partial charge in [-0.3, -0.25) is 10.1 Å². The van der Waals surface area contributed by atoms with Crippen LogP contribution in [0.2, 0.25) is 0 Å². The highest BCUT2D eigenvalue weighted by molar-refractivity contribution is 8.00. The molecule has 0 radical (unpaired) electrons. The van der Waals surface area contributed by atoms with Crippen LogP contribution in [0.4, 0.5) is 5.69 Å². The summed E-state index contributed by atoms with van der Waals surface area (Å²) in [6.45, 7) is 0. The number of rotatable bonds is 3. The van der Waals surface area contributed by atoms with E-state index in [-0.39, 0.29) is 16.7 Å². The van der Waals surface area contributed by atoms with E-state index in [0.717, 1.165) is 17.7 Å². The minimum atomic E-state index is -0.374. The van der Waals surface area contributed by atoms with Crippen LogP contribution in [0, 0.1) is 10.1 Å². The van der Waals surface area contributed by atoms with Gasteiger partial charge < -0.3 is 5.73 Å². The second-order valence-electron chi connectivity index (χ2n) is 4.36. The Morgan fingerprint density at radius 1 is 1.24 bits per heavy atom. The lowest BCUT2D eigenvalue weighted by Crippen LogP contribution is -2.35. The Kier molecular flexibility index (Phi) is 4.02. The topological polar surface area (TPSA) is 69.2 Å². The molecule has 2 unspecified atom stereocenters. The number of hydrogen-bond acceptors (Lipinski definition) is 4. The zero-order valence-electron chi connectivity index (χ0n) is 9.54. The van der Waals surface area contributed by atoms with E-state index in [1.807, 2.05) is 12.1 Å². The molecule has 0 saturated heterocycles. The van der Waals surface area contributed by atoms with Gasteiger partial charge in [-0.05, 0) is 25.0 Å². The van der Waals surface area contributed by atoms with Crippen molar-refractivity contribution in [1.82, 2.24) is 0 Å². The number of nitro groups is 1. The van der Waals surface area contributed by atoms with E-state index in [4.69, 9.17) is 5.73 Å². The molecule has 1 aromatic rings. The molecular weight excluding hydrogens is 236 g/mol. The van der Waals surface area contributed by atoms with Gasteiger partial charge in [0.15, 0.2) is 0 Å². The number of benzene rings is 1. The quantitative estimate of drug-likeness (QED) is 0.663. The summed E-state index contributed by atoms with van der Waals surface area (Å²) in [6.07, 6.45) is 4.68. The lowest BCUT2D eigenvalue weighted by molar-refractivity contribution is -0.384. The Labute approximate surface area is 105 Å². The third kappa shape index (κ3) is 3.20. The number of nitrogens with two attached hydrogens (primary N) is 1. The van der Waals surface area contributed by atoms with Gasteiger partial charge in [0, 0.05) is 28.3 Å². The van der Waals surface area contributed by atoms with Crippen molar-refractivity contribution >= 4 is 17.4 Å². The summed E-state index contributed by atoms with van der Waals surface area (Å²) in [6, 6.07) is 6.98. The van der Waals surface area contributed by atoms with E-state index in [1.54, 1.807) is 23.9 Å². The zero-order chi connectivity index (χ0) is 12.3. The van der Waals surface area contributed by atoms with Crippen LogP contribution < -0.4 is 5.73 Å². The Hall–Kier alpha value is -1.07. The molecule has 0 bridgehead atoms. The molecule has 0 heterocycles. The molecule has 0 amide bonds. The summed E-state index contributed by atoms with van der Waals surface area (Å²) in [5, 5.41) is 11.0. The average Bonchev–Trinajstić information content (AvgIpc) is 2.33. The molecule has 1 aliphatic rings. The highest BCUT2D eigenvalue weighted by atomic mass is 32.2. The van der Waals surface area contributed by atoms with Gasteiger partial charge in [-0.2, -0.15) is 0 Å². The molecule has 1 aromatic carbocycles. The van der Waals surface area contributed by atoms with Crippen LogP contribution in [0.5, 0.6) is 0 Å². The fraction of sp³-hybridized carbons (Fsp3) is 0.500. The zero-order valence-corrected chi connectivity index (χ0v) is 10.4. The van der Waals surface area contributed by atoms with Crippen LogP contribution in [0.1, 0.15) is 25.7 Å². The lowest BCUT2D eigenvalue weighted by Gasteiger charge is -2.27. The van der Waals surface area contributed by atoms with Crippen molar-refractivity contribution in [3.05, 3.63) is 34.4 Å². The normalized spacial score (nSPS) is 24.5. The van der Waals surface area contributed by atoms with Crippen LogP contribution >= 0.6 is 11.8 Å². The first-order valence-corrected chi connectivity index (χ1v) is 6.71. The second kappa shape index (κ2) is 5.51.